The highest BCUT2D eigenvalue weighted by atomic mass is 31.0. The van der Waals surface area contributed by atoms with E-state index in [0.717, 1.165) is 17.9 Å². The van der Waals surface area contributed by atoms with Crippen molar-refractivity contribution in [2.45, 2.75) is 59.1 Å². The molecule has 1 heterocycles. The first-order valence-electron chi connectivity index (χ1n) is 9.66. The highest BCUT2D eigenvalue weighted by Crippen LogP contribution is 2.61. The quantitative estimate of drug-likeness (QED) is 0.549. The van der Waals surface area contributed by atoms with Gasteiger partial charge >= 0.3 is 13.1 Å². The van der Waals surface area contributed by atoms with E-state index in [0.29, 0.717) is 29.0 Å². The third-order valence-electron chi connectivity index (χ3n) is 6.39. The lowest BCUT2D eigenvalue weighted by atomic mass is 9.47. The van der Waals surface area contributed by atoms with Crippen molar-refractivity contribution in [1.29, 1.82) is 0 Å². The molecule has 148 valence electrons. The molecule has 1 aromatic rings. The lowest BCUT2D eigenvalue weighted by Gasteiger charge is -2.60. The largest absolute Gasteiger partial charge is 0.479 e. The molecule has 2 bridgehead atoms. The van der Waals surface area contributed by atoms with Crippen LogP contribution in [0.5, 0.6) is 5.75 Å². The van der Waals surface area contributed by atoms with Gasteiger partial charge in [-0.1, -0.05) is 39.8 Å². The zero-order valence-electron chi connectivity index (χ0n) is 16.4. The molecule has 3 aliphatic carbocycles. The molecule has 0 amide bonds. The van der Waals surface area contributed by atoms with Crippen LogP contribution in [0.4, 0.5) is 0 Å². The molecule has 0 radical (unpaired) electrons. The third-order valence-corrected chi connectivity index (χ3v) is 6.84. The molecule has 1 aromatic carbocycles. The second-order valence-corrected chi connectivity index (χ2v) is 8.29. The Labute approximate surface area is 167 Å². The predicted molar refractivity (Wildman–Crippen MR) is 112 cm³/mol. The number of benzene rings is 1. The van der Waals surface area contributed by atoms with Gasteiger partial charge in [0.15, 0.2) is 0 Å². The van der Waals surface area contributed by atoms with Crippen LogP contribution in [-0.4, -0.2) is 25.3 Å². The fourth-order valence-corrected chi connectivity index (χ4v) is 5.20. The lowest BCUT2D eigenvalue weighted by Crippen LogP contribution is -2.59. The van der Waals surface area contributed by atoms with Crippen LogP contribution in [0.1, 0.15) is 56.5 Å². The summed E-state index contributed by atoms with van der Waals surface area (Å²) in [5.74, 6) is 1.37. The number of hydrogen-bond acceptors (Lipinski definition) is 5. The average Bonchev–Trinajstić information content (AvgIpc) is 3.10. The van der Waals surface area contributed by atoms with E-state index in [2.05, 4.69) is 23.3 Å². The minimum absolute atomic E-state index is 0.186. The standard InChI is InChI=1S/C17H23BO5P2.C2H6/c1-17(2)10-6-12(17)15-13(7-10)20-18(21-15)8-9-4-3-5-11(14(9)22-24)16(19)23-25;1-2/h3-5,10,12-13,15H,6-8,24-25H2,1-2H3;1-2H3/t10?,12?,13-,15?;/m1./s1. The monoisotopic (exact) mass is 410 g/mol. The van der Waals surface area contributed by atoms with Crippen molar-refractivity contribution < 1.29 is 23.2 Å². The summed E-state index contributed by atoms with van der Waals surface area (Å²) in [6.07, 6.45) is 3.26. The number of carbonyl (C=O) groups is 1. The van der Waals surface area contributed by atoms with Crippen LogP contribution in [0.25, 0.3) is 0 Å². The van der Waals surface area contributed by atoms with E-state index in [1.54, 1.807) is 6.07 Å². The molecule has 6 atom stereocenters. The van der Waals surface area contributed by atoms with Gasteiger partial charge in [-0.05, 0) is 41.7 Å². The number of hydrogen-bond donors (Lipinski definition) is 0. The zero-order chi connectivity index (χ0) is 19.8. The Morgan fingerprint density at radius 3 is 2.63 bits per heavy atom. The number of para-hydroxylation sites is 1. The van der Waals surface area contributed by atoms with Gasteiger partial charge in [-0.15, -0.1) is 0 Å². The predicted octanol–water partition coefficient (Wildman–Crippen LogP) is 4.25. The third kappa shape index (κ3) is 3.67. The van der Waals surface area contributed by atoms with E-state index in [4.69, 9.17) is 18.4 Å². The van der Waals surface area contributed by atoms with Crippen LogP contribution in [0.2, 0.25) is 0 Å². The Kier molecular flexibility index (Phi) is 6.53. The fraction of sp³-hybridized carbons (Fsp3) is 0.632. The summed E-state index contributed by atoms with van der Waals surface area (Å²) in [6, 6.07) is 5.43. The van der Waals surface area contributed by atoms with Crippen molar-refractivity contribution in [3.05, 3.63) is 29.3 Å². The molecule has 1 saturated heterocycles. The maximum Gasteiger partial charge on any atom is 0.462 e. The summed E-state index contributed by atoms with van der Waals surface area (Å²) < 4.78 is 22.6. The van der Waals surface area contributed by atoms with E-state index >= 15 is 0 Å². The SMILES string of the molecule is CC.CC1(C)C2CC1C1OB(Cc3cccc(C(=O)OP)c3OP)O[C@@H]1C2. The topological polar surface area (TPSA) is 54.0 Å². The van der Waals surface area contributed by atoms with E-state index in [1.807, 2.05) is 35.4 Å². The molecular weight excluding hydrogens is 381 g/mol. The van der Waals surface area contributed by atoms with Gasteiger partial charge in [0.1, 0.15) is 11.3 Å². The normalized spacial score (nSPS) is 29.8. The van der Waals surface area contributed by atoms with E-state index in [1.165, 1.54) is 6.42 Å². The zero-order valence-corrected chi connectivity index (χ0v) is 18.7. The van der Waals surface area contributed by atoms with Crippen LogP contribution >= 0.6 is 18.9 Å². The van der Waals surface area contributed by atoms with Crippen LogP contribution < -0.4 is 4.52 Å². The highest BCUT2D eigenvalue weighted by Gasteiger charge is 2.61. The maximum atomic E-state index is 11.9. The molecule has 4 fully saturated rings. The fourth-order valence-electron chi connectivity index (χ4n) is 4.79. The van der Waals surface area contributed by atoms with Crippen molar-refractivity contribution in [2.75, 3.05) is 0 Å². The molecule has 5 rings (SSSR count). The first kappa shape index (κ1) is 21.1. The summed E-state index contributed by atoms with van der Waals surface area (Å²) in [6.45, 7) is 8.69. The molecule has 3 saturated carbocycles. The molecule has 5 nitrogen and oxygen atoms in total. The van der Waals surface area contributed by atoms with Crippen molar-refractivity contribution in [3.63, 3.8) is 0 Å². The van der Waals surface area contributed by atoms with Crippen LogP contribution in [-0.2, 0) is 20.2 Å². The van der Waals surface area contributed by atoms with Crippen molar-refractivity contribution in [3.8, 4) is 5.75 Å². The summed E-state index contributed by atoms with van der Waals surface area (Å²) >= 11 is 0. The average molecular weight is 410 g/mol. The first-order valence-corrected chi connectivity index (χ1v) is 10.6. The Morgan fingerprint density at radius 1 is 1.26 bits per heavy atom. The molecule has 5 unspecified atom stereocenters. The van der Waals surface area contributed by atoms with Crippen molar-refractivity contribution >= 4 is 32.0 Å². The molecule has 0 N–H and O–H groups in total. The van der Waals surface area contributed by atoms with Gasteiger partial charge < -0.3 is 18.4 Å². The second kappa shape index (κ2) is 8.37. The summed E-state index contributed by atoms with van der Waals surface area (Å²) in [5.41, 5.74) is 1.62. The Hall–Kier alpha value is -0.665. The minimum atomic E-state index is -0.450. The van der Waals surface area contributed by atoms with Gasteiger partial charge in [-0.2, -0.15) is 0 Å². The van der Waals surface area contributed by atoms with Gasteiger partial charge in [-0.25, -0.2) is 4.79 Å². The van der Waals surface area contributed by atoms with Crippen LogP contribution in [0.3, 0.4) is 0 Å². The van der Waals surface area contributed by atoms with Gasteiger partial charge in [0.05, 0.1) is 31.1 Å². The van der Waals surface area contributed by atoms with Crippen molar-refractivity contribution in [2.24, 2.45) is 17.3 Å². The molecule has 4 aliphatic rings. The number of carbonyl (C=O) groups excluding carboxylic acids is 1. The maximum absolute atomic E-state index is 11.9. The summed E-state index contributed by atoms with van der Waals surface area (Å²) in [4.78, 5) is 11.9. The van der Waals surface area contributed by atoms with Crippen LogP contribution in [0, 0.1) is 17.3 Å². The van der Waals surface area contributed by atoms with E-state index in [-0.39, 0.29) is 19.3 Å². The highest BCUT2D eigenvalue weighted by molar-refractivity contribution is 7.11. The summed E-state index contributed by atoms with van der Waals surface area (Å²) in [5, 5.41) is 0. The first-order chi connectivity index (χ1) is 13.0. The van der Waals surface area contributed by atoms with Crippen molar-refractivity contribution in [1.82, 2.24) is 0 Å². The molecule has 27 heavy (non-hydrogen) atoms. The van der Waals surface area contributed by atoms with E-state index in [9.17, 15) is 4.79 Å². The Bertz CT molecular complexity index is 699. The van der Waals surface area contributed by atoms with Gasteiger partial charge in [0.25, 0.3) is 0 Å². The van der Waals surface area contributed by atoms with Crippen LogP contribution in [0.15, 0.2) is 18.2 Å². The molecule has 1 aliphatic heterocycles. The summed E-state index contributed by atoms with van der Waals surface area (Å²) in [7, 11) is 3.87. The Balaban J connectivity index is 0.00000102. The molecular formula is C19H29BO5P2. The van der Waals surface area contributed by atoms with Gasteiger partial charge in [0, 0.05) is 6.32 Å². The molecule has 8 heteroatoms. The second-order valence-electron chi connectivity index (χ2n) is 7.82. The van der Waals surface area contributed by atoms with E-state index < -0.39 is 5.97 Å². The lowest BCUT2D eigenvalue weighted by molar-refractivity contribution is -0.150. The molecule has 0 aromatic heterocycles. The van der Waals surface area contributed by atoms with Gasteiger partial charge in [-0.3, -0.25) is 0 Å². The number of rotatable bonds is 4. The smallest absolute Gasteiger partial charge is 0.462 e. The van der Waals surface area contributed by atoms with Gasteiger partial charge in [0.2, 0.25) is 0 Å². The Morgan fingerprint density at radius 2 is 2.00 bits per heavy atom. The molecule has 0 spiro atoms. The minimum Gasteiger partial charge on any atom is -0.479 e.